The van der Waals surface area contributed by atoms with E-state index in [9.17, 15) is 4.79 Å². The number of methoxy groups -OCH3 is 1. The lowest BCUT2D eigenvalue weighted by molar-refractivity contribution is 0.0712. The van der Waals surface area contributed by atoms with Crippen molar-refractivity contribution in [3.63, 3.8) is 0 Å². The lowest BCUT2D eigenvalue weighted by Gasteiger charge is -2.32. The number of aromatic nitrogens is 3. The van der Waals surface area contributed by atoms with Crippen LogP contribution in [-0.2, 0) is 0 Å². The second-order valence-corrected chi connectivity index (χ2v) is 8.85. The number of nitrogens with zero attached hydrogens (tertiary/aromatic N) is 4. The average Bonchev–Trinajstić information content (AvgIpc) is 2.97. The summed E-state index contributed by atoms with van der Waals surface area (Å²) in [4.78, 5) is 28.9. The predicted molar refractivity (Wildman–Crippen MR) is 142 cm³/mol. The number of benzene rings is 2. The lowest BCUT2D eigenvalue weighted by Crippen LogP contribution is -2.38. The van der Waals surface area contributed by atoms with Gasteiger partial charge < -0.3 is 9.64 Å². The quantitative estimate of drug-likeness (QED) is 0.348. The van der Waals surface area contributed by atoms with Crippen LogP contribution in [0.25, 0.3) is 28.6 Å². The number of ether oxygens (including phenoxy) is 1. The van der Waals surface area contributed by atoms with Gasteiger partial charge in [-0.15, -0.1) is 0 Å². The molecule has 4 aromatic rings. The van der Waals surface area contributed by atoms with Gasteiger partial charge in [0.05, 0.1) is 12.8 Å². The molecule has 1 aliphatic rings. The summed E-state index contributed by atoms with van der Waals surface area (Å²) in [5.41, 5.74) is 5.66. The molecule has 0 atom stereocenters. The van der Waals surface area contributed by atoms with E-state index in [1.54, 1.807) is 25.6 Å². The van der Waals surface area contributed by atoms with Gasteiger partial charge in [-0.25, -0.2) is 9.97 Å². The Hall–Kier alpha value is -4.32. The Morgan fingerprint density at radius 3 is 2.47 bits per heavy atom. The molecule has 180 valence electrons. The van der Waals surface area contributed by atoms with Crippen LogP contribution < -0.4 is 4.74 Å². The largest absolute Gasteiger partial charge is 0.497 e. The Labute approximate surface area is 211 Å². The molecular formula is C30H28N4O2. The summed E-state index contributed by atoms with van der Waals surface area (Å²) in [5.74, 6) is 1.75. The van der Waals surface area contributed by atoms with E-state index in [0.29, 0.717) is 24.5 Å². The van der Waals surface area contributed by atoms with Crippen molar-refractivity contribution in [3.05, 3.63) is 103 Å². The topological polar surface area (TPSA) is 68.2 Å². The van der Waals surface area contributed by atoms with Gasteiger partial charge in [-0.2, -0.15) is 0 Å². The Morgan fingerprint density at radius 1 is 1.03 bits per heavy atom. The van der Waals surface area contributed by atoms with Gasteiger partial charge in [0.2, 0.25) is 0 Å². The van der Waals surface area contributed by atoms with Crippen LogP contribution in [0.15, 0.2) is 85.8 Å². The smallest absolute Gasteiger partial charge is 0.253 e. The van der Waals surface area contributed by atoms with Crippen LogP contribution in [0.3, 0.4) is 0 Å². The van der Waals surface area contributed by atoms with Gasteiger partial charge in [0.15, 0.2) is 5.82 Å². The Morgan fingerprint density at radius 2 is 1.78 bits per heavy atom. The van der Waals surface area contributed by atoms with Crippen LogP contribution in [0.5, 0.6) is 5.75 Å². The normalized spacial score (nSPS) is 13.9. The summed E-state index contributed by atoms with van der Waals surface area (Å²) in [7, 11) is 1.67. The highest BCUT2D eigenvalue weighted by Crippen LogP contribution is 2.36. The Bertz CT molecular complexity index is 1360. The van der Waals surface area contributed by atoms with Crippen LogP contribution in [0.1, 0.15) is 40.4 Å². The summed E-state index contributed by atoms with van der Waals surface area (Å²) in [5, 5.41) is 0. The van der Waals surface area contributed by atoms with Gasteiger partial charge in [-0.3, -0.25) is 9.78 Å². The number of hydrogen-bond acceptors (Lipinski definition) is 5. The van der Waals surface area contributed by atoms with Crippen LogP contribution >= 0.6 is 0 Å². The minimum atomic E-state index is 0.0669. The van der Waals surface area contributed by atoms with E-state index in [1.165, 1.54) is 0 Å². The van der Waals surface area contributed by atoms with Crippen molar-refractivity contribution < 1.29 is 9.53 Å². The van der Waals surface area contributed by atoms with Crippen LogP contribution in [-0.4, -0.2) is 46.0 Å². The minimum Gasteiger partial charge on any atom is -0.497 e. The highest BCUT2D eigenvalue weighted by Gasteiger charge is 2.28. The molecule has 0 spiro atoms. The number of carbonyl (C=O) groups is 1. The first kappa shape index (κ1) is 23.4. The van der Waals surface area contributed by atoms with E-state index >= 15 is 0 Å². The predicted octanol–water partition coefficient (Wildman–Crippen LogP) is 5.88. The first-order valence-electron chi connectivity index (χ1n) is 12.1. The highest BCUT2D eigenvalue weighted by atomic mass is 16.5. The molecule has 6 nitrogen and oxygen atoms in total. The third kappa shape index (κ3) is 4.89. The number of hydrogen-bond donors (Lipinski definition) is 0. The molecule has 0 N–H and O–H groups in total. The fourth-order valence-corrected chi connectivity index (χ4v) is 4.66. The fourth-order valence-electron chi connectivity index (χ4n) is 4.66. The summed E-state index contributed by atoms with van der Waals surface area (Å²) in [6.45, 7) is 5.14. The SMILES string of the molecule is C=Cc1ccc(C(=O)N2CCC(c3nc(-c4ccncc4)ncc3-c3cccc(OC)c3)CC2)cc1. The molecule has 5 rings (SSSR count). The van der Waals surface area contributed by atoms with Gasteiger partial charge in [0.1, 0.15) is 5.75 Å². The van der Waals surface area contributed by atoms with E-state index in [0.717, 1.165) is 46.5 Å². The maximum atomic E-state index is 13.1. The maximum Gasteiger partial charge on any atom is 0.253 e. The van der Waals surface area contributed by atoms with Gasteiger partial charge >= 0.3 is 0 Å². The van der Waals surface area contributed by atoms with Crippen molar-refractivity contribution in [1.29, 1.82) is 0 Å². The Kier molecular flexibility index (Phi) is 6.85. The number of carbonyl (C=O) groups excluding carboxylic acids is 1. The van der Waals surface area contributed by atoms with Crippen molar-refractivity contribution in [2.75, 3.05) is 20.2 Å². The molecule has 1 aliphatic heterocycles. The molecule has 36 heavy (non-hydrogen) atoms. The van der Waals surface area contributed by atoms with Crippen LogP contribution in [0.2, 0.25) is 0 Å². The van der Waals surface area contributed by atoms with Gasteiger partial charge in [-0.1, -0.05) is 36.9 Å². The molecule has 1 amide bonds. The van der Waals surface area contributed by atoms with Gasteiger partial charge in [-0.05, 0) is 60.4 Å². The molecule has 0 bridgehead atoms. The van der Waals surface area contributed by atoms with E-state index in [-0.39, 0.29) is 11.8 Å². The maximum absolute atomic E-state index is 13.1. The second-order valence-electron chi connectivity index (χ2n) is 8.85. The van der Waals surface area contributed by atoms with Crippen molar-refractivity contribution in [3.8, 4) is 28.3 Å². The molecule has 0 unspecified atom stereocenters. The molecule has 0 saturated carbocycles. The first-order chi connectivity index (χ1) is 17.7. The number of pyridine rings is 1. The highest BCUT2D eigenvalue weighted by molar-refractivity contribution is 5.94. The number of rotatable bonds is 6. The molecular weight excluding hydrogens is 448 g/mol. The molecule has 2 aromatic heterocycles. The summed E-state index contributed by atoms with van der Waals surface area (Å²) >= 11 is 0. The fraction of sp³-hybridized carbons (Fsp3) is 0.200. The van der Waals surface area contributed by atoms with Crippen molar-refractivity contribution in [1.82, 2.24) is 19.9 Å². The molecule has 6 heteroatoms. The van der Waals surface area contributed by atoms with Crippen molar-refractivity contribution in [2.24, 2.45) is 0 Å². The molecule has 1 saturated heterocycles. The molecule has 2 aromatic carbocycles. The standard InChI is InChI=1S/C30H28N4O2/c1-3-21-7-9-24(10-8-21)30(35)34-17-13-22(14-18-34)28-27(25-5-4-6-26(19-25)36-2)20-32-29(33-28)23-11-15-31-16-12-23/h3-12,15-16,19-20,22H,1,13-14,17-18H2,2H3. The molecule has 0 aliphatic carbocycles. The first-order valence-corrected chi connectivity index (χ1v) is 12.1. The van der Waals surface area contributed by atoms with Crippen LogP contribution in [0, 0.1) is 0 Å². The summed E-state index contributed by atoms with van der Waals surface area (Å²) in [6.07, 6.45) is 8.85. The zero-order valence-corrected chi connectivity index (χ0v) is 20.3. The van der Waals surface area contributed by atoms with Crippen molar-refractivity contribution in [2.45, 2.75) is 18.8 Å². The number of piperidine rings is 1. The molecule has 3 heterocycles. The minimum absolute atomic E-state index is 0.0669. The van der Waals surface area contributed by atoms with Crippen LogP contribution in [0.4, 0.5) is 0 Å². The zero-order chi connectivity index (χ0) is 24.9. The molecule has 1 fully saturated rings. The Balaban J connectivity index is 1.43. The summed E-state index contributed by atoms with van der Waals surface area (Å²) < 4.78 is 5.45. The second kappa shape index (κ2) is 10.5. The number of amides is 1. The third-order valence-corrected chi connectivity index (χ3v) is 6.70. The average molecular weight is 477 g/mol. The van der Waals surface area contributed by atoms with Gasteiger partial charge in [0, 0.05) is 54.3 Å². The number of likely N-dealkylation sites (tertiary alicyclic amines) is 1. The summed E-state index contributed by atoms with van der Waals surface area (Å²) in [6, 6.07) is 19.4. The van der Waals surface area contributed by atoms with Crippen molar-refractivity contribution >= 4 is 12.0 Å². The molecule has 0 radical (unpaired) electrons. The third-order valence-electron chi connectivity index (χ3n) is 6.70. The van der Waals surface area contributed by atoms with E-state index in [1.807, 2.05) is 65.7 Å². The van der Waals surface area contributed by atoms with Gasteiger partial charge in [0.25, 0.3) is 5.91 Å². The van der Waals surface area contributed by atoms with E-state index < -0.39 is 0 Å². The zero-order valence-electron chi connectivity index (χ0n) is 20.3. The lowest BCUT2D eigenvalue weighted by atomic mass is 9.88. The monoisotopic (exact) mass is 476 g/mol. The van der Waals surface area contributed by atoms with E-state index in [2.05, 4.69) is 22.6 Å². The van der Waals surface area contributed by atoms with E-state index in [4.69, 9.17) is 9.72 Å².